The van der Waals surface area contributed by atoms with E-state index >= 15 is 0 Å². The molecule has 1 N–H and O–H groups in total. The van der Waals surface area contributed by atoms with Gasteiger partial charge >= 0.3 is 11.9 Å². The fourth-order valence-corrected chi connectivity index (χ4v) is 2.37. The molecule has 1 aliphatic heterocycles. The molecular formula is C15H20N4O5. The summed E-state index contributed by atoms with van der Waals surface area (Å²) in [6, 6.07) is 0. The van der Waals surface area contributed by atoms with Gasteiger partial charge in [-0.25, -0.2) is 20.0 Å². The number of esters is 2. The first-order valence-corrected chi connectivity index (χ1v) is 7.62. The summed E-state index contributed by atoms with van der Waals surface area (Å²) in [5, 5.41) is 3.69. The number of ether oxygens (including phenoxy) is 2. The average Bonchev–Trinajstić information content (AvgIpc) is 2.94. The number of aromatic nitrogens is 2. The van der Waals surface area contributed by atoms with Gasteiger partial charge in [0.2, 0.25) is 11.9 Å². The number of hydrazone groups is 1. The molecule has 1 aromatic heterocycles. The Morgan fingerprint density at radius 1 is 1.38 bits per heavy atom. The van der Waals surface area contributed by atoms with Crippen molar-refractivity contribution in [1.29, 1.82) is 0 Å². The maximum absolute atomic E-state index is 12.2. The first-order valence-electron chi connectivity index (χ1n) is 7.62. The first-order chi connectivity index (χ1) is 11.3. The van der Waals surface area contributed by atoms with Crippen LogP contribution >= 0.6 is 0 Å². The van der Waals surface area contributed by atoms with Crippen molar-refractivity contribution in [2.75, 3.05) is 5.43 Å². The Morgan fingerprint density at radius 2 is 2.00 bits per heavy atom. The third kappa shape index (κ3) is 3.61. The van der Waals surface area contributed by atoms with Crippen molar-refractivity contribution < 1.29 is 23.9 Å². The van der Waals surface area contributed by atoms with E-state index in [1.165, 1.54) is 23.9 Å². The Balaban J connectivity index is 2.18. The lowest BCUT2D eigenvalue weighted by Gasteiger charge is -2.36. The molecule has 1 aliphatic rings. The van der Waals surface area contributed by atoms with Gasteiger partial charge in [-0.3, -0.25) is 9.36 Å². The summed E-state index contributed by atoms with van der Waals surface area (Å²) >= 11 is 0. The minimum absolute atomic E-state index is 0.0742. The van der Waals surface area contributed by atoms with Crippen molar-refractivity contribution in [2.45, 2.75) is 46.3 Å². The molecule has 0 aromatic carbocycles. The zero-order valence-corrected chi connectivity index (χ0v) is 14.0. The van der Waals surface area contributed by atoms with Crippen molar-refractivity contribution in [3.8, 4) is 0 Å². The van der Waals surface area contributed by atoms with Crippen LogP contribution < -0.4 is 5.43 Å². The van der Waals surface area contributed by atoms with Crippen LogP contribution in [0.5, 0.6) is 0 Å². The smallest absolute Gasteiger partial charge is 0.369 e. The van der Waals surface area contributed by atoms with E-state index in [0.717, 1.165) is 0 Å². The normalized spacial score (nSPS) is 20.6. The molecule has 1 aromatic rings. The van der Waals surface area contributed by atoms with E-state index in [1.54, 1.807) is 6.92 Å². The highest BCUT2D eigenvalue weighted by molar-refractivity contribution is 6.63. The van der Waals surface area contributed by atoms with Crippen LogP contribution in [0.25, 0.3) is 0 Å². The number of nitrogens with one attached hydrogen (secondary N) is 1. The van der Waals surface area contributed by atoms with Crippen LogP contribution in [0.1, 0.15) is 45.3 Å². The van der Waals surface area contributed by atoms with E-state index in [-0.39, 0.29) is 17.8 Å². The second kappa shape index (κ2) is 6.81. The van der Waals surface area contributed by atoms with Crippen LogP contribution in [-0.4, -0.2) is 38.9 Å². The quantitative estimate of drug-likeness (QED) is 0.641. The Labute approximate surface area is 139 Å². The number of nitrogens with zero attached hydrogens (tertiary/aromatic N) is 3. The van der Waals surface area contributed by atoms with E-state index in [4.69, 9.17) is 9.47 Å². The van der Waals surface area contributed by atoms with Crippen LogP contribution in [0, 0.1) is 5.92 Å². The zero-order valence-electron chi connectivity index (χ0n) is 14.0. The summed E-state index contributed by atoms with van der Waals surface area (Å²) in [5.41, 5.74) is 1.88. The number of imidazole rings is 1. The van der Waals surface area contributed by atoms with Crippen molar-refractivity contribution >= 4 is 29.5 Å². The number of hydrogen-bond acceptors (Lipinski definition) is 8. The Hall–Kier alpha value is -2.71. The van der Waals surface area contributed by atoms with Crippen LogP contribution in [0.4, 0.5) is 5.95 Å². The molecule has 0 spiro atoms. The SMILES string of the molecule is CCC1(CC(C)C)OC(=O)C(=NNc2nccn2C(C)=O)C(=O)O1. The number of anilines is 1. The number of carbonyl (C=O) groups excluding carboxylic acids is 3. The molecule has 9 nitrogen and oxygen atoms in total. The van der Waals surface area contributed by atoms with E-state index in [1.807, 2.05) is 13.8 Å². The minimum Gasteiger partial charge on any atom is -0.417 e. The van der Waals surface area contributed by atoms with Crippen LogP contribution in [0.15, 0.2) is 17.5 Å². The molecule has 1 saturated heterocycles. The van der Waals surface area contributed by atoms with E-state index in [0.29, 0.717) is 12.8 Å². The van der Waals surface area contributed by atoms with Gasteiger partial charge in [-0.2, -0.15) is 5.10 Å². The number of carbonyl (C=O) groups is 3. The maximum atomic E-state index is 12.2. The molecule has 0 bridgehead atoms. The first kappa shape index (κ1) is 17.6. The average molecular weight is 336 g/mol. The van der Waals surface area contributed by atoms with Crippen LogP contribution in [0.2, 0.25) is 0 Å². The number of hydrogen-bond donors (Lipinski definition) is 1. The van der Waals surface area contributed by atoms with Gasteiger partial charge in [0.1, 0.15) is 0 Å². The summed E-state index contributed by atoms with van der Waals surface area (Å²) in [6.45, 7) is 6.98. The molecule has 0 amide bonds. The second-order valence-electron chi connectivity index (χ2n) is 5.85. The van der Waals surface area contributed by atoms with Crippen molar-refractivity contribution in [2.24, 2.45) is 11.0 Å². The topological polar surface area (TPSA) is 112 Å². The zero-order chi connectivity index (χ0) is 17.9. The van der Waals surface area contributed by atoms with Gasteiger partial charge in [0, 0.05) is 32.2 Å². The molecular weight excluding hydrogens is 316 g/mol. The molecule has 2 heterocycles. The predicted molar refractivity (Wildman–Crippen MR) is 84.2 cm³/mol. The second-order valence-corrected chi connectivity index (χ2v) is 5.85. The molecule has 130 valence electrons. The number of cyclic esters (lactones) is 2. The van der Waals surface area contributed by atoms with E-state index in [9.17, 15) is 14.4 Å². The van der Waals surface area contributed by atoms with Gasteiger partial charge in [-0.05, 0) is 5.92 Å². The fraction of sp³-hybridized carbons (Fsp3) is 0.533. The predicted octanol–water partition coefficient (Wildman–Crippen LogP) is 1.56. The standard InChI is InChI=1S/C15H20N4O5/c1-5-15(8-9(2)3)23-12(21)11(13(22)24-15)17-18-14-16-6-7-19(14)10(4)20/h6-7,9H,5,8H2,1-4H3,(H,16,18). The van der Waals surface area contributed by atoms with Crippen LogP contribution in [-0.2, 0) is 19.1 Å². The summed E-state index contributed by atoms with van der Waals surface area (Å²) in [5.74, 6) is -3.07. The fourth-order valence-electron chi connectivity index (χ4n) is 2.37. The van der Waals surface area contributed by atoms with Gasteiger partial charge in [-0.15, -0.1) is 0 Å². The summed E-state index contributed by atoms with van der Waals surface area (Å²) < 4.78 is 11.8. The molecule has 0 aliphatic carbocycles. The molecule has 0 saturated carbocycles. The highest BCUT2D eigenvalue weighted by Gasteiger charge is 2.46. The van der Waals surface area contributed by atoms with Gasteiger partial charge in [0.25, 0.3) is 11.5 Å². The van der Waals surface area contributed by atoms with Crippen molar-refractivity contribution in [3.05, 3.63) is 12.4 Å². The summed E-state index contributed by atoms with van der Waals surface area (Å²) in [4.78, 5) is 39.6. The molecule has 9 heteroatoms. The van der Waals surface area contributed by atoms with Gasteiger partial charge < -0.3 is 9.47 Å². The van der Waals surface area contributed by atoms with Gasteiger partial charge in [0.15, 0.2) is 0 Å². The lowest BCUT2D eigenvalue weighted by atomic mass is 9.99. The molecule has 2 rings (SSSR count). The van der Waals surface area contributed by atoms with Crippen molar-refractivity contribution in [3.63, 3.8) is 0 Å². The third-order valence-electron chi connectivity index (χ3n) is 3.45. The Bertz CT molecular complexity index is 672. The summed E-state index contributed by atoms with van der Waals surface area (Å²) in [7, 11) is 0. The largest absolute Gasteiger partial charge is 0.417 e. The van der Waals surface area contributed by atoms with E-state index in [2.05, 4.69) is 15.5 Å². The Morgan fingerprint density at radius 3 is 2.50 bits per heavy atom. The molecule has 0 radical (unpaired) electrons. The minimum atomic E-state index is -1.26. The summed E-state index contributed by atoms with van der Waals surface area (Å²) in [6.07, 6.45) is 3.55. The van der Waals surface area contributed by atoms with Crippen molar-refractivity contribution in [1.82, 2.24) is 9.55 Å². The maximum Gasteiger partial charge on any atom is 0.369 e. The Kier molecular flexibility index (Phi) is 5.01. The lowest BCUT2D eigenvalue weighted by molar-refractivity contribution is -0.234. The monoisotopic (exact) mass is 336 g/mol. The molecule has 1 fully saturated rings. The van der Waals surface area contributed by atoms with Gasteiger partial charge in [0.05, 0.1) is 0 Å². The van der Waals surface area contributed by atoms with Crippen LogP contribution in [0.3, 0.4) is 0 Å². The lowest BCUT2D eigenvalue weighted by Crippen LogP contribution is -2.51. The highest BCUT2D eigenvalue weighted by Crippen LogP contribution is 2.30. The molecule has 24 heavy (non-hydrogen) atoms. The molecule has 0 atom stereocenters. The third-order valence-corrected chi connectivity index (χ3v) is 3.45. The van der Waals surface area contributed by atoms with E-state index < -0.39 is 23.4 Å². The highest BCUT2D eigenvalue weighted by atomic mass is 16.7. The number of rotatable bonds is 5. The van der Waals surface area contributed by atoms with Gasteiger partial charge in [-0.1, -0.05) is 20.8 Å². The molecule has 0 unspecified atom stereocenters.